The smallest absolute Gasteiger partial charge is 0.261 e. The van der Waals surface area contributed by atoms with Gasteiger partial charge in [-0.05, 0) is 66.9 Å². The molecule has 1 heterocycles. The Kier molecular flexibility index (Phi) is 7.73. The summed E-state index contributed by atoms with van der Waals surface area (Å²) in [6, 6.07) is 21.8. The van der Waals surface area contributed by atoms with Crippen LogP contribution in [0.25, 0.3) is 0 Å². The summed E-state index contributed by atoms with van der Waals surface area (Å²) in [5.74, 6) is 0.378. The molecule has 0 unspecified atom stereocenters. The third-order valence-corrected chi connectivity index (χ3v) is 7.63. The van der Waals surface area contributed by atoms with E-state index in [1.165, 1.54) is 17.7 Å². The number of ether oxygens (including phenoxy) is 1. The van der Waals surface area contributed by atoms with Crippen LogP contribution in [0.3, 0.4) is 0 Å². The van der Waals surface area contributed by atoms with Crippen LogP contribution in [-0.4, -0.2) is 56.9 Å². The van der Waals surface area contributed by atoms with E-state index in [1.807, 2.05) is 43.0 Å². The summed E-state index contributed by atoms with van der Waals surface area (Å²) in [5, 5.41) is 0. The lowest BCUT2D eigenvalue weighted by molar-refractivity contribution is -0.135. The summed E-state index contributed by atoms with van der Waals surface area (Å²) >= 11 is 0. The summed E-state index contributed by atoms with van der Waals surface area (Å²) in [6.07, 6.45) is 0. The summed E-state index contributed by atoms with van der Waals surface area (Å²) in [4.78, 5) is 16.9. The normalized spacial score (nSPS) is 14.5. The molecule has 0 atom stereocenters. The number of nitrogens with one attached hydrogen (secondary N) is 1. The van der Waals surface area contributed by atoms with E-state index in [9.17, 15) is 13.2 Å². The van der Waals surface area contributed by atoms with Gasteiger partial charge in [0.2, 0.25) is 0 Å². The molecule has 0 spiro atoms. The summed E-state index contributed by atoms with van der Waals surface area (Å²) in [6.45, 7) is 7.68. The monoisotopic (exact) mass is 493 g/mol. The van der Waals surface area contributed by atoms with Crippen molar-refractivity contribution in [2.45, 2.75) is 25.3 Å². The first kappa shape index (κ1) is 24.8. The van der Waals surface area contributed by atoms with Crippen LogP contribution in [0.5, 0.6) is 5.75 Å². The minimum absolute atomic E-state index is 0.0718. The lowest BCUT2D eigenvalue weighted by Gasteiger charge is -2.34. The predicted octanol–water partition coefficient (Wildman–Crippen LogP) is 3.83. The van der Waals surface area contributed by atoms with Gasteiger partial charge in [-0.2, -0.15) is 0 Å². The van der Waals surface area contributed by atoms with Gasteiger partial charge in [0.05, 0.1) is 4.90 Å². The molecule has 0 aliphatic carbocycles. The van der Waals surface area contributed by atoms with Crippen LogP contribution in [0, 0.1) is 13.8 Å². The molecular weight excluding hydrogens is 462 g/mol. The van der Waals surface area contributed by atoms with Crippen LogP contribution >= 0.6 is 0 Å². The fraction of sp³-hybridized carbons (Fsp3) is 0.296. The topological polar surface area (TPSA) is 78.9 Å². The van der Waals surface area contributed by atoms with Crippen LogP contribution in [0.4, 0.5) is 5.69 Å². The molecule has 1 amide bonds. The van der Waals surface area contributed by atoms with Crippen LogP contribution in [0.1, 0.15) is 16.7 Å². The Morgan fingerprint density at radius 1 is 0.886 bits per heavy atom. The molecule has 7 nitrogen and oxygen atoms in total. The van der Waals surface area contributed by atoms with Crippen LogP contribution < -0.4 is 9.46 Å². The zero-order valence-corrected chi connectivity index (χ0v) is 20.9. The van der Waals surface area contributed by atoms with Crippen molar-refractivity contribution in [1.29, 1.82) is 0 Å². The highest BCUT2D eigenvalue weighted by Gasteiger charge is 2.21. The minimum Gasteiger partial charge on any atom is -0.484 e. The number of aryl methyl sites for hydroxylation is 2. The molecule has 0 bridgehead atoms. The second kappa shape index (κ2) is 10.9. The molecule has 1 aliphatic heterocycles. The fourth-order valence-corrected chi connectivity index (χ4v) is 5.02. The standard InChI is InChI=1S/C27H31N3O4S/c1-21-8-9-24(18-22(21)2)28-35(32,33)26-12-10-25(11-13-26)34-20-27(31)30-16-14-29(15-17-30)19-23-6-4-3-5-7-23/h3-13,18,28H,14-17,19-20H2,1-2H3. The molecule has 1 fully saturated rings. The summed E-state index contributed by atoms with van der Waals surface area (Å²) in [7, 11) is -3.72. The quantitative estimate of drug-likeness (QED) is 0.516. The molecule has 1 aliphatic rings. The van der Waals surface area contributed by atoms with Crippen molar-refractivity contribution in [3.63, 3.8) is 0 Å². The molecule has 4 rings (SSSR count). The maximum absolute atomic E-state index is 12.7. The van der Waals surface area contributed by atoms with E-state index < -0.39 is 10.0 Å². The van der Waals surface area contributed by atoms with Crippen molar-refractivity contribution < 1.29 is 17.9 Å². The van der Waals surface area contributed by atoms with Gasteiger partial charge >= 0.3 is 0 Å². The van der Waals surface area contributed by atoms with Gasteiger partial charge in [-0.1, -0.05) is 36.4 Å². The van der Waals surface area contributed by atoms with Gasteiger partial charge in [0.15, 0.2) is 6.61 Å². The van der Waals surface area contributed by atoms with Crippen molar-refractivity contribution in [3.05, 3.63) is 89.5 Å². The Labute approximate surface area is 207 Å². The zero-order valence-electron chi connectivity index (χ0n) is 20.1. The van der Waals surface area contributed by atoms with Gasteiger partial charge in [-0.15, -0.1) is 0 Å². The lowest BCUT2D eigenvalue weighted by Crippen LogP contribution is -2.49. The fourth-order valence-electron chi connectivity index (χ4n) is 3.97. The summed E-state index contributed by atoms with van der Waals surface area (Å²) < 4.78 is 33.7. The first-order chi connectivity index (χ1) is 16.8. The van der Waals surface area contributed by atoms with E-state index in [1.54, 1.807) is 24.3 Å². The molecule has 1 N–H and O–H groups in total. The lowest BCUT2D eigenvalue weighted by atomic mass is 10.1. The number of hydrogen-bond acceptors (Lipinski definition) is 5. The molecular formula is C27H31N3O4S. The number of carbonyl (C=O) groups excluding carboxylic acids is 1. The Morgan fingerprint density at radius 2 is 1.57 bits per heavy atom. The number of amides is 1. The van der Waals surface area contributed by atoms with Gasteiger partial charge in [0, 0.05) is 38.4 Å². The predicted molar refractivity (Wildman–Crippen MR) is 137 cm³/mol. The molecule has 1 saturated heterocycles. The maximum atomic E-state index is 12.7. The number of rotatable bonds is 8. The van der Waals surface area contributed by atoms with Crippen LogP contribution in [0.15, 0.2) is 77.7 Å². The van der Waals surface area contributed by atoms with E-state index in [4.69, 9.17) is 4.74 Å². The highest BCUT2D eigenvalue weighted by atomic mass is 32.2. The Morgan fingerprint density at radius 3 is 2.23 bits per heavy atom. The van der Waals surface area contributed by atoms with Crippen LogP contribution in [0.2, 0.25) is 0 Å². The third kappa shape index (κ3) is 6.61. The molecule has 184 valence electrons. The van der Waals surface area contributed by atoms with Crippen molar-refractivity contribution in [1.82, 2.24) is 9.80 Å². The SMILES string of the molecule is Cc1ccc(NS(=O)(=O)c2ccc(OCC(=O)N3CCN(Cc4ccccc4)CC3)cc2)cc1C. The second-order valence-electron chi connectivity index (χ2n) is 8.81. The highest BCUT2D eigenvalue weighted by Crippen LogP contribution is 2.21. The summed E-state index contributed by atoms with van der Waals surface area (Å²) in [5.41, 5.74) is 3.89. The van der Waals surface area contributed by atoms with E-state index in [2.05, 4.69) is 21.8 Å². The molecule has 3 aromatic carbocycles. The Bertz CT molecular complexity index is 1250. The van der Waals surface area contributed by atoms with E-state index in [0.717, 1.165) is 30.8 Å². The van der Waals surface area contributed by atoms with Crippen molar-refractivity contribution in [2.75, 3.05) is 37.5 Å². The third-order valence-electron chi connectivity index (χ3n) is 6.23. The van der Waals surface area contributed by atoms with Gasteiger partial charge in [-0.25, -0.2) is 8.42 Å². The first-order valence-corrected chi connectivity index (χ1v) is 13.2. The molecule has 0 saturated carbocycles. The number of benzene rings is 3. The second-order valence-corrected chi connectivity index (χ2v) is 10.5. The molecule has 3 aromatic rings. The van der Waals surface area contributed by atoms with E-state index in [0.29, 0.717) is 24.5 Å². The van der Waals surface area contributed by atoms with Crippen LogP contribution in [-0.2, 0) is 21.4 Å². The minimum atomic E-state index is -3.72. The van der Waals surface area contributed by atoms with Gasteiger partial charge in [0.1, 0.15) is 5.75 Å². The maximum Gasteiger partial charge on any atom is 0.261 e. The number of carbonyl (C=O) groups is 1. The van der Waals surface area contributed by atoms with E-state index >= 15 is 0 Å². The zero-order chi connectivity index (χ0) is 24.8. The number of nitrogens with zero attached hydrogens (tertiary/aromatic N) is 2. The van der Waals surface area contributed by atoms with Gasteiger partial charge in [0.25, 0.3) is 15.9 Å². The highest BCUT2D eigenvalue weighted by molar-refractivity contribution is 7.92. The average Bonchev–Trinajstić information content (AvgIpc) is 2.86. The number of hydrogen-bond donors (Lipinski definition) is 1. The van der Waals surface area contributed by atoms with Gasteiger partial charge < -0.3 is 9.64 Å². The van der Waals surface area contributed by atoms with Crippen molar-refractivity contribution >= 4 is 21.6 Å². The van der Waals surface area contributed by atoms with Crippen molar-refractivity contribution in [3.8, 4) is 5.75 Å². The molecule has 8 heteroatoms. The Balaban J connectivity index is 1.26. The largest absolute Gasteiger partial charge is 0.484 e. The molecule has 0 radical (unpaired) electrons. The number of piperazine rings is 1. The molecule has 35 heavy (non-hydrogen) atoms. The molecule has 0 aromatic heterocycles. The Hall–Kier alpha value is -3.36. The number of sulfonamides is 1. The average molecular weight is 494 g/mol. The first-order valence-electron chi connectivity index (χ1n) is 11.7. The number of anilines is 1. The van der Waals surface area contributed by atoms with E-state index in [-0.39, 0.29) is 17.4 Å². The van der Waals surface area contributed by atoms with Gasteiger partial charge in [-0.3, -0.25) is 14.4 Å². The van der Waals surface area contributed by atoms with Crippen molar-refractivity contribution in [2.24, 2.45) is 0 Å².